The van der Waals surface area contributed by atoms with Crippen LogP contribution in [0.1, 0.15) is 16.1 Å². The third-order valence-corrected chi connectivity index (χ3v) is 5.06. The van der Waals surface area contributed by atoms with Crippen LogP contribution in [0.5, 0.6) is 5.88 Å². The highest BCUT2D eigenvalue weighted by atomic mass is 32.2. The van der Waals surface area contributed by atoms with Gasteiger partial charge in [0.2, 0.25) is 5.88 Å². The van der Waals surface area contributed by atoms with Crippen molar-refractivity contribution in [2.45, 2.75) is 11.4 Å². The summed E-state index contributed by atoms with van der Waals surface area (Å²) < 4.78 is 43.0. The van der Waals surface area contributed by atoms with Gasteiger partial charge >= 0.3 is 0 Å². The Kier molecular flexibility index (Phi) is 5.17. The quantitative estimate of drug-likeness (QED) is 0.672. The standard InChI is InChI=1S/C17H16FN5O3S/c1-26-17-12(11-23-10-4-9-20-23)7-8-14(21-17)16(24)22-27(19,25)15-6-3-2-5-13(15)18/h2-10H,11H2,1H3,(H2,19,22,24,25). The Balaban J connectivity index is 1.83. The zero-order valence-corrected chi connectivity index (χ0v) is 15.1. The van der Waals surface area contributed by atoms with E-state index in [1.54, 1.807) is 29.2 Å². The summed E-state index contributed by atoms with van der Waals surface area (Å²) in [5.41, 5.74) is 0.575. The fourth-order valence-electron chi connectivity index (χ4n) is 2.38. The third kappa shape index (κ3) is 4.11. The third-order valence-electron chi connectivity index (χ3n) is 3.64. The van der Waals surface area contributed by atoms with Gasteiger partial charge in [0.15, 0.2) is 9.92 Å². The predicted octanol–water partition coefficient (Wildman–Crippen LogP) is 2.22. The number of hydrogen-bond acceptors (Lipinski definition) is 6. The molecule has 2 N–H and O–H groups in total. The van der Waals surface area contributed by atoms with Crippen LogP contribution in [0.15, 0.2) is 59.8 Å². The molecule has 0 aliphatic rings. The van der Waals surface area contributed by atoms with E-state index in [9.17, 15) is 13.4 Å². The van der Waals surface area contributed by atoms with Crippen LogP contribution in [0.2, 0.25) is 0 Å². The molecule has 0 spiro atoms. The summed E-state index contributed by atoms with van der Waals surface area (Å²) in [6.07, 6.45) is 3.40. The van der Waals surface area contributed by atoms with E-state index in [4.69, 9.17) is 9.52 Å². The number of rotatable bonds is 6. The first kappa shape index (κ1) is 18.5. The highest BCUT2D eigenvalue weighted by molar-refractivity contribution is 7.91. The van der Waals surface area contributed by atoms with Crippen LogP contribution in [0.25, 0.3) is 0 Å². The first-order chi connectivity index (χ1) is 12.9. The molecule has 1 aromatic carbocycles. The maximum absolute atomic E-state index is 13.8. The van der Waals surface area contributed by atoms with Crippen LogP contribution in [0.4, 0.5) is 4.39 Å². The average molecular weight is 389 g/mol. The molecule has 0 radical (unpaired) electrons. The summed E-state index contributed by atoms with van der Waals surface area (Å²) in [7, 11) is -2.47. The van der Waals surface area contributed by atoms with Gasteiger partial charge in [0.05, 0.1) is 13.7 Å². The van der Waals surface area contributed by atoms with Crippen molar-refractivity contribution >= 4 is 15.8 Å². The van der Waals surface area contributed by atoms with Gasteiger partial charge < -0.3 is 4.74 Å². The Morgan fingerprint density at radius 1 is 1.30 bits per heavy atom. The highest BCUT2D eigenvalue weighted by Gasteiger charge is 2.20. The van der Waals surface area contributed by atoms with Crippen molar-refractivity contribution in [3.63, 3.8) is 0 Å². The maximum atomic E-state index is 13.8. The summed E-state index contributed by atoms with van der Waals surface area (Å²) >= 11 is 0. The minimum absolute atomic E-state index is 0.104. The van der Waals surface area contributed by atoms with Crippen LogP contribution >= 0.6 is 0 Å². The molecule has 3 aromatic rings. The van der Waals surface area contributed by atoms with Gasteiger partial charge in [0.1, 0.15) is 16.4 Å². The Morgan fingerprint density at radius 3 is 2.74 bits per heavy atom. The second-order valence-corrected chi connectivity index (χ2v) is 7.24. The van der Waals surface area contributed by atoms with Crippen LogP contribution in [-0.4, -0.2) is 32.0 Å². The van der Waals surface area contributed by atoms with Crippen molar-refractivity contribution in [2.75, 3.05) is 7.11 Å². The van der Waals surface area contributed by atoms with Crippen molar-refractivity contribution in [1.29, 1.82) is 4.78 Å². The molecule has 2 aromatic heterocycles. The fourth-order valence-corrected chi connectivity index (χ4v) is 3.47. The van der Waals surface area contributed by atoms with Gasteiger partial charge in [-0.3, -0.25) is 14.2 Å². The molecule has 0 saturated carbocycles. The highest BCUT2D eigenvalue weighted by Crippen LogP contribution is 2.18. The Hall–Kier alpha value is -3.27. The zero-order valence-electron chi connectivity index (χ0n) is 14.3. The molecule has 0 aliphatic heterocycles. The molecule has 0 saturated heterocycles. The number of amides is 1. The Bertz CT molecular complexity index is 1070. The predicted molar refractivity (Wildman–Crippen MR) is 95.1 cm³/mol. The van der Waals surface area contributed by atoms with E-state index in [-0.39, 0.29) is 11.6 Å². The first-order valence-corrected chi connectivity index (χ1v) is 9.33. The van der Waals surface area contributed by atoms with E-state index in [0.29, 0.717) is 12.1 Å². The molecule has 0 bridgehead atoms. The molecule has 3 rings (SSSR count). The van der Waals surface area contributed by atoms with Crippen LogP contribution in [0.3, 0.4) is 0 Å². The zero-order chi connectivity index (χ0) is 19.4. The molecule has 10 heteroatoms. The lowest BCUT2D eigenvalue weighted by Crippen LogP contribution is -2.31. The molecule has 0 fully saturated rings. The largest absolute Gasteiger partial charge is 0.481 e. The van der Waals surface area contributed by atoms with Crippen molar-refractivity contribution in [3.8, 4) is 5.88 Å². The fraction of sp³-hybridized carbons (Fsp3) is 0.118. The lowest BCUT2D eigenvalue weighted by atomic mass is 10.2. The second kappa shape index (κ2) is 7.54. The number of carbonyl (C=O) groups excluding carboxylic acids is 1. The summed E-state index contributed by atoms with van der Waals surface area (Å²) in [5.74, 6) is -1.51. The maximum Gasteiger partial charge on any atom is 0.282 e. The minimum atomic E-state index is -3.88. The number of nitrogens with one attached hydrogen (secondary N) is 2. The van der Waals surface area contributed by atoms with Gasteiger partial charge in [-0.25, -0.2) is 18.4 Å². The summed E-state index contributed by atoms with van der Waals surface area (Å²) in [6.45, 7) is 0.384. The van der Waals surface area contributed by atoms with E-state index in [1.807, 2.05) is 4.72 Å². The molecule has 0 aliphatic carbocycles. The normalized spacial score (nSPS) is 13.0. The number of ether oxygens (including phenoxy) is 1. The number of hydrogen-bond donors (Lipinski definition) is 2. The monoisotopic (exact) mass is 389 g/mol. The van der Waals surface area contributed by atoms with Crippen molar-refractivity contribution < 1.29 is 18.1 Å². The number of halogens is 1. The Morgan fingerprint density at radius 2 is 2.07 bits per heavy atom. The summed E-state index contributed by atoms with van der Waals surface area (Å²) in [4.78, 5) is 16.1. The minimum Gasteiger partial charge on any atom is -0.481 e. The molecular weight excluding hydrogens is 373 g/mol. The van der Waals surface area contributed by atoms with Crippen molar-refractivity contribution in [2.24, 2.45) is 0 Å². The molecule has 1 unspecified atom stereocenters. The van der Waals surface area contributed by atoms with Crippen molar-refractivity contribution in [3.05, 3.63) is 71.9 Å². The van der Waals surface area contributed by atoms with Gasteiger partial charge in [-0.2, -0.15) is 5.10 Å². The van der Waals surface area contributed by atoms with E-state index < -0.39 is 26.5 Å². The van der Waals surface area contributed by atoms with Crippen molar-refractivity contribution in [1.82, 2.24) is 19.5 Å². The topological polar surface area (TPSA) is 110 Å². The Labute approximate surface area is 155 Å². The van der Waals surface area contributed by atoms with Gasteiger partial charge in [-0.05, 0) is 30.3 Å². The molecule has 1 atom stereocenters. The number of pyridine rings is 1. The molecular formula is C17H16FN5O3S. The molecule has 2 heterocycles. The van der Waals surface area contributed by atoms with E-state index in [1.165, 1.54) is 31.4 Å². The van der Waals surface area contributed by atoms with Crippen LogP contribution in [0, 0.1) is 10.6 Å². The van der Waals surface area contributed by atoms with Crippen LogP contribution < -0.4 is 9.46 Å². The smallest absolute Gasteiger partial charge is 0.282 e. The summed E-state index contributed by atoms with van der Waals surface area (Å²) in [6, 6.07) is 9.90. The van der Waals surface area contributed by atoms with E-state index in [2.05, 4.69) is 10.1 Å². The van der Waals surface area contributed by atoms with E-state index in [0.717, 1.165) is 6.07 Å². The molecule has 140 valence electrons. The average Bonchev–Trinajstić information content (AvgIpc) is 3.15. The van der Waals surface area contributed by atoms with E-state index >= 15 is 0 Å². The molecule has 27 heavy (non-hydrogen) atoms. The van der Waals surface area contributed by atoms with Crippen LogP contribution in [-0.2, 0) is 16.5 Å². The number of benzene rings is 1. The lowest BCUT2D eigenvalue weighted by molar-refractivity contribution is 0.0976. The number of methoxy groups -OCH3 is 1. The second-order valence-electron chi connectivity index (χ2n) is 5.49. The summed E-state index contributed by atoms with van der Waals surface area (Å²) in [5, 5.41) is 4.09. The van der Waals surface area contributed by atoms with Gasteiger partial charge in [0.25, 0.3) is 5.91 Å². The number of aromatic nitrogens is 3. The number of carbonyl (C=O) groups is 1. The van der Waals surface area contributed by atoms with Gasteiger partial charge in [0, 0.05) is 18.0 Å². The SMILES string of the molecule is COc1nc(C(=O)NS(=N)(=O)c2ccccc2F)ccc1Cn1cccn1. The number of nitrogens with zero attached hydrogens (tertiary/aromatic N) is 3. The first-order valence-electron chi connectivity index (χ1n) is 7.77. The van der Waals surface area contributed by atoms with Gasteiger partial charge in [-0.1, -0.05) is 12.1 Å². The molecule has 1 amide bonds. The lowest BCUT2D eigenvalue weighted by Gasteiger charge is -2.12. The molecule has 8 nitrogen and oxygen atoms in total. The van der Waals surface area contributed by atoms with Gasteiger partial charge in [-0.15, -0.1) is 0 Å².